The van der Waals surface area contributed by atoms with Gasteiger partial charge in [-0.15, -0.1) is 0 Å². The van der Waals surface area contributed by atoms with Gasteiger partial charge in [0, 0.05) is 13.5 Å². The smallest absolute Gasteiger partial charge is 0.306 e. The van der Waals surface area contributed by atoms with E-state index in [0.29, 0.717) is 0 Å². The third-order valence-electron chi connectivity index (χ3n) is 1.81. The molecule has 0 saturated carbocycles. The van der Waals surface area contributed by atoms with Gasteiger partial charge >= 0.3 is 11.9 Å². The molecule has 0 aliphatic carbocycles. The van der Waals surface area contributed by atoms with Gasteiger partial charge in [0.1, 0.15) is 0 Å². The molecular formula is C9H17NO7S. The van der Waals surface area contributed by atoms with Crippen molar-refractivity contribution in [3.8, 4) is 0 Å². The van der Waals surface area contributed by atoms with Crippen molar-refractivity contribution < 1.29 is 33.0 Å². The molecule has 18 heavy (non-hydrogen) atoms. The standard InChI is InChI=1S/C9H17NO7S/c1-7(11)17-3-2-4-18(15,16)10-6-8(12)5-9(13)14/h8,10,12H,2-6H2,1H3,(H,13,14). The number of carboxylic acids is 1. The van der Waals surface area contributed by atoms with E-state index in [-0.39, 0.29) is 25.3 Å². The normalized spacial score (nSPS) is 13.0. The number of rotatable bonds is 9. The summed E-state index contributed by atoms with van der Waals surface area (Å²) in [5.41, 5.74) is 0. The van der Waals surface area contributed by atoms with Crippen molar-refractivity contribution >= 4 is 22.0 Å². The number of hydrogen-bond donors (Lipinski definition) is 3. The maximum atomic E-state index is 11.4. The Hall–Kier alpha value is -1.19. The van der Waals surface area contributed by atoms with Gasteiger partial charge in [0.2, 0.25) is 10.0 Å². The molecule has 9 heteroatoms. The molecule has 0 aliphatic heterocycles. The average Bonchev–Trinajstić information content (AvgIpc) is 2.21. The van der Waals surface area contributed by atoms with Gasteiger partial charge < -0.3 is 14.9 Å². The Morgan fingerprint density at radius 1 is 1.39 bits per heavy atom. The molecular weight excluding hydrogens is 266 g/mol. The van der Waals surface area contributed by atoms with Crippen LogP contribution in [0.25, 0.3) is 0 Å². The average molecular weight is 283 g/mol. The van der Waals surface area contributed by atoms with Gasteiger partial charge in [-0.05, 0) is 6.42 Å². The van der Waals surface area contributed by atoms with Crippen LogP contribution in [0.2, 0.25) is 0 Å². The highest BCUT2D eigenvalue weighted by atomic mass is 32.2. The highest BCUT2D eigenvalue weighted by Crippen LogP contribution is 1.94. The minimum Gasteiger partial charge on any atom is -0.481 e. The van der Waals surface area contributed by atoms with Crippen LogP contribution in [-0.4, -0.2) is 55.6 Å². The van der Waals surface area contributed by atoms with E-state index in [1.807, 2.05) is 0 Å². The summed E-state index contributed by atoms with van der Waals surface area (Å²) in [6.07, 6.45) is -1.68. The largest absolute Gasteiger partial charge is 0.481 e. The molecule has 0 heterocycles. The number of aliphatic hydroxyl groups is 1. The van der Waals surface area contributed by atoms with Crippen molar-refractivity contribution in [1.82, 2.24) is 4.72 Å². The lowest BCUT2D eigenvalue weighted by Crippen LogP contribution is -2.35. The molecule has 106 valence electrons. The van der Waals surface area contributed by atoms with Crippen molar-refractivity contribution in [1.29, 1.82) is 0 Å². The fraction of sp³-hybridized carbons (Fsp3) is 0.778. The first-order chi connectivity index (χ1) is 8.23. The summed E-state index contributed by atoms with van der Waals surface area (Å²) in [5.74, 6) is -1.96. The lowest BCUT2D eigenvalue weighted by molar-refractivity contribution is -0.141. The topological polar surface area (TPSA) is 130 Å². The van der Waals surface area contributed by atoms with Crippen LogP contribution in [0.15, 0.2) is 0 Å². The van der Waals surface area contributed by atoms with Crippen LogP contribution in [0.3, 0.4) is 0 Å². The number of aliphatic carboxylic acids is 1. The van der Waals surface area contributed by atoms with Crippen molar-refractivity contribution in [2.75, 3.05) is 18.9 Å². The predicted octanol–water partition coefficient (Wildman–Crippen LogP) is -1.31. The quantitative estimate of drug-likeness (QED) is 0.354. The molecule has 0 saturated heterocycles. The van der Waals surface area contributed by atoms with Crippen molar-refractivity contribution in [3.63, 3.8) is 0 Å². The Balaban J connectivity index is 3.86. The zero-order valence-electron chi connectivity index (χ0n) is 9.96. The van der Waals surface area contributed by atoms with Gasteiger partial charge in [0.25, 0.3) is 0 Å². The van der Waals surface area contributed by atoms with Crippen LogP contribution in [0, 0.1) is 0 Å². The zero-order chi connectivity index (χ0) is 14.2. The van der Waals surface area contributed by atoms with Crippen LogP contribution in [-0.2, 0) is 24.3 Å². The first-order valence-electron chi connectivity index (χ1n) is 5.23. The summed E-state index contributed by atoms with van der Waals surface area (Å²) in [7, 11) is -3.60. The Morgan fingerprint density at radius 2 is 2.00 bits per heavy atom. The van der Waals surface area contributed by atoms with Crippen molar-refractivity contribution in [2.45, 2.75) is 25.9 Å². The number of carbonyl (C=O) groups excluding carboxylic acids is 1. The van der Waals surface area contributed by atoms with E-state index in [2.05, 4.69) is 9.46 Å². The summed E-state index contributed by atoms with van der Waals surface area (Å²) in [6, 6.07) is 0. The second-order valence-corrected chi connectivity index (χ2v) is 5.54. The molecule has 0 radical (unpaired) electrons. The number of aliphatic hydroxyl groups excluding tert-OH is 1. The molecule has 0 aromatic heterocycles. The summed E-state index contributed by atoms with van der Waals surface area (Å²) in [4.78, 5) is 20.6. The third kappa shape index (κ3) is 10.00. The van der Waals surface area contributed by atoms with Gasteiger partial charge in [0.05, 0.1) is 24.9 Å². The Morgan fingerprint density at radius 3 is 2.50 bits per heavy atom. The molecule has 0 aliphatic rings. The number of nitrogens with one attached hydrogen (secondary N) is 1. The molecule has 0 rings (SSSR count). The third-order valence-corrected chi connectivity index (χ3v) is 3.24. The Bertz CT molecular complexity index is 378. The number of hydrogen-bond acceptors (Lipinski definition) is 6. The van der Waals surface area contributed by atoms with Crippen molar-refractivity contribution in [2.24, 2.45) is 0 Å². The minimum atomic E-state index is -3.60. The fourth-order valence-corrected chi connectivity index (χ4v) is 2.12. The summed E-state index contributed by atoms with van der Waals surface area (Å²) >= 11 is 0. The first kappa shape index (κ1) is 16.8. The molecule has 0 bridgehead atoms. The molecule has 1 unspecified atom stereocenters. The highest BCUT2D eigenvalue weighted by Gasteiger charge is 2.15. The van der Waals surface area contributed by atoms with E-state index in [0.717, 1.165) is 0 Å². The second-order valence-electron chi connectivity index (χ2n) is 3.61. The van der Waals surface area contributed by atoms with Gasteiger partial charge in [-0.1, -0.05) is 0 Å². The van der Waals surface area contributed by atoms with Gasteiger partial charge in [0.15, 0.2) is 0 Å². The maximum Gasteiger partial charge on any atom is 0.306 e. The Kier molecular flexibility index (Phi) is 7.48. The second kappa shape index (κ2) is 8.01. The number of sulfonamides is 1. The van der Waals surface area contributed by atoms with Crippen LogP contribution in [0.1, 0.15) is 19.8 Å². The van der Waals surface area contributed by atoms with Crippen LogP contribution in [0.4, 0.5) is 0 Å². The lowest BCUT2D eigenvalue weighted by Gasteiger charge is -2.10. The summed E-state index contributed by atoms with van der Waals surface area (Å²) in [6.45, 7) is 0.852. The molecule has 0 aromatic rings. The van der Waals surface area contributed by atoms with Crippen LogP contribution >= 0.6 is 0 Å². The van der Waals surface area contributed by atoms with Crippen LogP contribution < -0.4 is 4.72 Å². The van der Waals surface area contributed by atoms with E-state index in [9.17, 15) is 18.0 Å². The molecule has 0 aromatic carbocycles. The zero-order valence-corrected chi connectivity index (χ0v) is 10.8. The van der Waals surface area contributed by atoms with Crippen molar-refractivity contribution in [3.05, 3.63) is 0 Å². The van der Waals surface area contributed by atoms with Gasteiger partial charge in [-0.25, -0.2) is 13.1 Å². The lowest BCUT2D eigenvalue weighted by atomic mass is 10.3. The van der Waals surface area contributed by atoms with Gasteiger partial charge in [-0.2, -0.15) is 0 Å². The molecule has 0 spiro atoms. The molecule has 8 nitrogen and oxygen atoms in total. The molecule has 0 amide bonds. The van der Waals surface area contributed by atoms with E-state index in [1.54, 1.807) is 0 Å². The van der Waals surface area contributed by atoms with E-state index < -0.39 is 34.5 Å². The van der Waals surface area contributed by atoms with Gasteiger partial charge in [-0.3, -0.25) is 9.59 Å². The van der Waals surface area contributed by atoms with E-state index in [4.69, 9.17) is 10.2 Å². The Labute approximate surface area is 105 Å². The fourth-order valence-electron chi connectivity index (χ4n) is 1.03. The number of carbonyl (C=O) groups is 2. The monoisotopic (exact) mass is 283 g/mol. The minimum absolute atomic E-state index is 0.00603. The van der Waals surface area contributed by atoms with Crippen LogP contribution in [0.5, 0.6) is 0 Å². The first-order valence-corrected chi connectivity index (χ1v) is 6.88. The number of esters is 1. The molecule has 1 atom stereocenters. The van der Waals surface area contributed by atoms with E-state index >= 15 is 0 Å². The SMILES string of the molecule is CC(=O)OCCCS(=O)(=O)NCC(O)CC(=O)O. The molecule has 3 N–H and O–H groups in total. The molecule has 0 fully saturated rings. The highest BCUT2D eigenvalue weighted by molar-refractivity contribution is 7.89. The van der Waals surface area contributed by atoms with E-state index in [1.165, 1.54) is 6.92 Å². The predicted molar refractivity (Wildman–Crippen MR) is 61.3 cm³/mol. The summed E-state index contributed by atoms with van der Waals surface area (Å²) < 4.78 is 29.3. The number of carboxylic acid groups (broad SMARTS) is 1. The summed E-state index contributed by atoms with van der Waals surface area (Å²) in [5, 5.41) is 17.5. The number of ether oxygens (including phenoxy) is 1. The maximum absolute atomic E-state index is 11.4.